The molecule has 0 bridgehead atoms. The molecular formula is C16H17ClN2O2. The number of carbonyl (C=O) groups is 1. The summed E-state index contributed by atoms with van der Waals surface area (Å²) in [7, 11) is 0. The van der Waals surface area contributed by atoms with Gasteiger partial charge >= 0.3 is 0 Å². The normalized spacial score (nSPS) is 10.5. The van der Waals surface area contributed by atoms with Crippen LogP contribution in [-0.2, 0) is 0 Å². The second-order valence-corrected chi connectivity index (χ2v) is 5.36. The van der Waals surface area contributed by atoms with Crippen LogP contribution in [0, 0.1) is 6.92 Å². The van der Waals surface area contributed by atoms with Gasteiger partial charge in [0.2, 0.25) is 0 Å². The van der Waals surface area contributed by atoms with Crippen molar-refractivity contribution in [2.75, 3.05) is 5.32 Å². The molecular weight excluding hydrogens is 288 g/mol. The summed E-state index contributed by atoms with van der Waals surface area (Å²) in [6.07, 6.45) is 1.70. The van der Waals surface area contributed by atoms with Gasteiger partial charge < -0.3 is 10.1 Å². The fourth-order valence-corrected chi connectivity index (χ4v) is 1.97. The average Bonchev–Trinajstić information content (AvgIpc) is 2.42. The van der Waals surface area contributed by atoms with Crippen LogP contribution in [0.3, 0.4) is 0 Å². The minimum Gasteiger partial charge on any atom is -0.491 e. The molecule has 1 heterocycles. The number of amides is 1. The van der Waals surface area contributed by atoms with Crippen molar-refractivity contribution in [3.8, 4) is 5.75 Å². The van der Waals surface area contributed by atoms with Crippen molar-refractivity contribution in [1.29, 1.82) is 0 Å². The molecule has 0 radical (unpaired) electrons. The zero-order chi connectivity index (χ0) is 15.4. The number of halogens is 1. The first-order valence-corrected chi connectivity index (χ1v) is 7.03. The first-order valence-electron chi connectivity index (χ1n) is 6.66. The molecule has 1 N–H and O–H groups in total. The molecule has 1 aromatic heterocycles. The lowest BCUT2D eigenvalue weighted by Crippen LogP contribution is -2.13. The Morgan fingerprint density at radius 2 is 2.10 bits per heavy atom. The van der Waals surface area contributed by atoms with Crippen molar-refractivity contribution in [2.45, 2.75) is 26.9 Å². The Morgan fingerprint density at radius 1 is 1.33 bits per heavy atom. The number of anilines is 1. The molecule has 0 aliphatic rings. The highest BCUT2D eigenvalue weighted by atomic mass is 35.5. The second kappa shape index (κ2) is 6.59. The molecule has 2 aromatic rings. The van der Waals surface area contributed by atoms with E-state index in [-0.39, 0.29) is 17.2 Å². The molecule has 110 valence electrons. The fraction of sp³-hybridized carbons (Fsp3) is 0.250. The van der Waals surface area contributed by atoms with E-state index in [1.54, 1.807) is 30.5 Å². The minimum atomic E-state index is -0.251. The van der Waals surface area contributed by atoms with Gasteiger partial charge in [0.05, 0.1) is 11.8 Å². The van der Waals surface area contributed by atoms with Crippen LogP contribution in [0.25, 0.3) is 0 Å². The van der Waals surface area contributed by atoms with Gasteiger partial charge in [0, 0.05) is 11.8 Å². The summed E-state index contributed by atoms with van der Waals surface area (Å²) in [6.45, 7) is 5.76. The Labute approximate surface area is 129 Å². The molecule has 0 saturated carbocycles. The number of aryl methyl sites for hydroxylation is 1. The molecule has 5 heteroatoms. The van der Waals surface area contributed by atoms with Gasteiger partial charge in [-0.25, -0.2) is 4.98 Å². The zero-order valence-corrected chi connectivity index (χ0v) is 12.9. The number of aromatic nitrogens is 1. The number of nitrogens with one attached hydrogen (secondary N) is 1. The number of pyridine rings is 1. The predicted molar refractivity (Wildman–Crippen MR) is 84.1 cm³/mol. The van der Waals surface area contributed by atoms with E-state index in [9.17, 15) is 4.79 Å². The summed E-state index contributed by atoms with van der Waals surface area (Å²) < 4.78 is 5.58. The molecule has 1 aromatic carbocycles. The van der Waals surface area contributed by atoms with Crippen molar-refractivity contribution < 1.29 is 9.53 Å². The molecule has 0 atom stereocenters. The Balaban J connectivity index is 2.18. The second-order valence-electron chi connectivity index (χ2n) is 5.00. The van der Waals surface area contributed by atoms with Gasteiger partial charge in [0.25, 0.3) is 5.91 Å². The summed E-state index contributed by atoms with van der Waals surface area (Å²) in [5.41, 5.74) is 1.93. The Kier molecular flexibility index (Phi) is 4.81. The number of hydrogen-bond donors (Lipinski definition) is 1. The van der Waals surface area contributed by atoms with Gasteiger partial charge in [-0.05, 0) is 50.6 Å². The standard InChI is InChI=1S/C16H17ClN2O2/c1-10(2)21-13-6-4-5-12(8-13)16(20)19-14-7-11(3)9-18-15(14)17/h4-10H,1-3H3,(H,19,20). The third-order valence-corrected chi connectivity index (χ3v) is 2.99. The number of benzene rings is 1. The first-order chi connectivity index (χ1) is 9.95. The van der Waals surface area contributed by atoms with Crippen molar-refractivity contribution in [1.82, 2.24) is 4.98 Å². The lowest BCUT2D eigenvalue weighted by atomic mass is 10.2. The van der Waals surface area contributed by atoms with Crippen LogP contribution in [0.4, 0.5) is 5.69 Å². The average molecular weight is 305 g/mol. The lowest BCUT2D eigenvalue weighted by molar-refractivity contribution is 0.102. The summed E-state index contributed by atoms with van der Waals surface area (Å²) in [5.74, 6) is 0.407. The van der Waals surface area contributed by atoms with E-state index in [4.69, 9.17) is 16.3 Å². The van der Waals surface area contributed by atoms with E-state index in [2.05, 4.69) is 10.3 Å². The molecule has 21 heavy (non-hydrogen) atoms. The fourth-order valence-electron chi connectivity index (χ4n) is 1.82. The Bertz CT molecular complexity index is 656. The zero-order valence-electron chi connectivity index (χ0n) is 12.2. The molecule has 4 nitrogen and oxygen atoms in total. The van der Waals surface area contributed by atoms with E-state index in [0.29, 0.717) is 17.0 Å². The summed E-state index contributed by atoms with van der Waals surface area (Å²) in [6, 6.07) is 8.80. The van der Waals surface area contributed by atoms with Crippen molar-refractivity contribution in [3.05, 3.63) is 52.8 Å². The molecule has 0 saturated heterocycles. The van der Waals surface area contributed by atoms with Crippen molar-refractivity contribution in [2.24, 2.45) is 0 Å². The van der Waals surface area contributed by atoms with Crippen LogP contribution >= 0.6 is 11.6 Å². The SMILES string of the molecule is Cc1cnc(Cl)c(NC(=O)c2cccc(OC(C)C)c2)c1. The van der Waals surface area contributed by atoms with Gasteiger partial charge in [-0.15, -0.1) is 0 Å². The third-order valence-electron chi connectivity index (χ3n) is 2.69. The van der Waals surface area contributed by atoms with Crippen molar-refractivity contribution in [3.63, 3.8) is 0 Å². The largest absolute Gasteiger partial charge is 0.491 e. The van der Waals surface area contributed by atoms with Gasteiger partial charge in [-0.1, -0.05) is 17.7 Å². The molecule has 0 fully saturated rings. The Hall–Kier alpha value is -2.07. The van der Waals surface area contributed by atoms with E-state index in [1.165, 1.54) is 0 Å². The van der Waals surface area contributed by atoms with E-state index in [0.717, 1.165) is 5.56 Å². The third kappa shape index (κ3) is 4.20. The number of rotatable bonds is 4. The number of carbonyl (C=O) groups excluding carboxylic acids is 1. The van der Waals surface area contributed by atoms with E-state index in [1.807, 2.05) is 26.8 Å². The van der Waals surface area contributed by atoms with Crippen LogP contribution in [0.15, 0.2) is 36.5 Å². The first kappa shape index (κ1) is 15.3. The maximum absolute atomic E-state index is 12.3. The van der Waals surface area contributed by atoms with Crippen LogP contribution in [-0.4, -0.2) is 17.0 Å². The topological polar surface area (TPSA) is 51.2 Å². The molecule has 0 aliphatic carbocycles. The number of ether oxygens (including phenoxy) is 1. The van der Waals surface area contributed by atoms with E-state index < -0.39 is 0 Å². The lowest BCUT2D eigenvalue weighted by Gasteiger charge is -2.11. The minimum absolute atomic E-state index is 0.0544. The predicted octanol–water partition coefficient (Wildman–Crippen LogP) is 4.08. The van der Waals surface area contributed by atoms with Gasteiger partial charge in [-0.3, -0.25) is 4.79 Å². The van der Waals surface area contributed by atoms with Crippen LogP contribution in [0.5, 0.6) is 5.75 Å². The van der Waals surface area contributed by atoms with Crippen LogP contribution < -0.4 is 10.1 Å². The van der Waals surface area contributed by atoms with Crippen LogP contribution in [0.1, 0.15) is 29.8 Å². The number of nitrogens with zero attached hydrogens (tertiary/aromatic N) is 1. The molecule has 0 unspecified atom stereocenters. The quantitative estimate of drug-likeness (QED) is 0.866. The van der Waals surface area contributed by atoms with E-state index >= 15 is 0 Å². The summed E-state index contributed by atoms with van der Waals surface area (Å²) in [5, 5.41) is 3.03. The molecule has 0 spiro atoms. The van der Waals surface area contributed by atoms with Gasteiger partial charge in [0.15, 0.2) is 5.15 Å². The summed E-state index contributed by atoms with van der Waals surface area (Å²) in [4.78, 5) is 16.3. The highest BCUT2D eigenvalue weighted by Crippen LogP contribution is 2.21. The summed E-state index contributed by atoms with van der Waals surface area (Å²) >= 11 is 5.98. The highest BCUT2D eigenvalue weighted by molar-refractivity contribution is 6.32. The maximum Gasteiger partial charge on any atom is 0.255 e. The van der Waals surface area contributed by atoms with Crippen molar-refractivity contribution >= 4 is 23.2 Å². The highest BCUT2D eigenvalue weighted by Gasteiger charge is 2.10. The number of hydrogen-bond acceptors (Lipinski definition) is 3. The van der Waals surface area contributed by atoms with Crippen LogP contribution in [0.2, 0.25) is 5.15 Å². The molecule has 1 amide bonds. The molecule has 0 aliphatic heterocycles. The maximum atomic E-state index is 12.3. The van der Waals surface area contributed by atoms with Gasteiger partial charge in [-0.2, -0.15) is 0 Å². The van der Waals surface area contributed by atoms with Gasteiger partial charge in [0.1, 0.15) is 5.75 Å². The molecule has 2 rings (SSSR count). The monoisotopic (exact) mass is 304 g/mol. The Morgan fingerprint density at radius 3 is 2.81 bits per heavy atom. The smallest absolute Gasteiger partial charge is 0.255 e.